The van der Waals surface area contributed by atoms with Crippen molar-refractivity contribution in [1.82, 2.24) is 0 Å². The van der Waals surface area contributed by atoms with Gasteiger partial charge in [-0.25, -0.2) is 0 Å². The number of unbranched alkanes of at least 4 members (excludes halogenated alkanes) is 4. The smallest absolute Gasteiger partial charge is 1.00 e. The summed E-state index contributed by atoms with van der Waals surface area (Å²) in [5, 5.41) is 17.5. The molecule has 0 bridgehead atoms. The Labute approximate surface area is 153 Å². The Morgan fingerprint density at radius 2 is 1.56 bits per heavy atom. The van der Waals surface area contributed by atoms with Crippen molar-refractivity contribution in [3.8, 4) is 0 Å². The molecular formula is C13H25KO4. The number of carboxylic acid groups (broad SMARTS) is 2. The fourth-order valence-electron chi connectivity index (χ4n) is 1.88. The van der Waals surface area contributed by atoms with E-state index in [0.717, 1.165) is 32.1 Å². The largest absolute Gasteiger partial charge is 1.00 e. The topological polar surface area (TPSA) is 74.6 Å². The quantitative estimate of drug-likeness (QED) is 0.426. The van der Waals surface area contributed by atoms with Crippen LogP contribution in [-0.2, 0) is 9.59 Å². The minimum absolute atomic E-state index is 0. The molecule has 0 saturated heterocycles. The van der Waals surface area contributed by atoms with Gasteiger partial charge in [0.25, 0.3) is 0 Å². The van der Waals surface area contributed by atoms with E-state index >= 15 is 0 Å². The monoisotopic (exact) mass is 284 g/mol. The molecule has 0 aromatic heterocycles. The van der Waals surface area contributed by atoms with Gasteiger partial charge in [-0.15, -0.1) is 0 Å². The summed E-state index contributed by atoms with van der Waals surface area (Å²) in [6, 6.07) is 0. The Kier molecular flexibility index (Phi) is 16.2. The summed E-state index contributed by atoms with van der Waals surface area (Å²) in [5.41, 5.74) is 0. The first-order valence-electron chi connectivity index (χ1n) is 6.52. The molecule has 2 N–H and O–H groups in total. The van der Waals surface area contributed by atoms with Crippen molar-refractivity contribution in [2.24, 2.45) is 5.92 Å². The van der Waals surface area contributed by atoms with E-state index in [9.17, 15) is 9.59 Å². The van der Waals surface area contributed by atoms with Crippen molar-refractivity contribution in [3.05, 3.63) is 0 Å². The summed E-state index contributed by atoms with van der Waals surface area (Å²) in [7, 11) is 0. The van der Waals surface area contributed by atoms with Crippen LogP contribution in [0.3, 0.4) is 0 Å². The van der Waals surface area contributed by atoms with Gasteiger partial charge in [-0.2, -0.15) is 0 Å². The van der Waals surface area contributed by atoms with Gasteiger partial charge in [0.2, 0.25) is 0 Å². The van der Waals surface area contributed by atoms with E-state index in [0.29, 0.717) is 19.3 Å². The first kappa shape index (κ1) is 20.9. The second kappa shape index (κ2) is 14.0. The number of hydrogen-bond acceptors (Lipinski definition) is 2. The van der Waals surface area contributed by atoms with Crippen LogP contribution in [0.15, 0.2) is 0 Å². The number of carbonyl (C=O) groups is 2. The summed E-state index contributed by atoms with van der Waals surface area (Å²) in [6.45, 7) is 2.13. The molecule has 0 aliphatic heterocycles. The Morgan fingerprint density at radius 3 is 2.00 bits per heavy atom. The van der Waals surface area contributed by atoms with Crippen LogP contribution in [0.5, 0.6) is 0 Å². The van der Waals surface area contributed by atoms with Gasteiger partial charge in [-0.05, 0) is 19.3 Å². The maximum atomic E-state index is 11.0. The van der Waals surface area contributed by atoms with Crippen LogP contribution in [0, 0.1) is 5.92 Å². The third kappa shape index (κ3) is 13.0. The van der Waals surface area contributed by atoms with Crippen LogP contribution in [0.1, 0.15) is 66.1 Å². The number of aliphatic carboxylic acids is 2. The van der Waals surface area contributed by atoms with Crippen LogP contribution in [-0.4, -0.2) is 22.2 Å². The molecule has 1 unspecified atom stereocenters. The maximum Gasteiger partial charge on any atom is 1.00 e. The first-order valence-corrected chi connectivity index (χ1v) is 6.52. The zero-order chi connectivity index (χ0) is 13.1. The molecule has 1 atom stereocenters. The number of rotatable bonds is 11. The van der Waals surface area contributed by atoms with E-state index in [1.807, 2.05) is 0 Å². The van der Waals surface area contributed by atoms with Gasteiger partial charge in [-0.3, -0.25) is 9.59 Å². The fourth-order valence-corrected chi connectivity index (χ4v) is 1.88. The predicted molar refractivity (Wildman–Crippen MR) is 67.1 cm³/mol. The molecule has 0 aromatic rings. The summed E-state index contributed by atoms with van der Waals surface area (Å²) < 4.78 is 0. The van der Waals surface area contributed by atoms with Gasteiger partial charge >= 0.3 is 63.3 Å². The average Bonchev–Trinajstić information content (AvgIpc) is 2.26. The van der Waals surface area contributed by atoms with Gasteiger partial charge < -0.3 is 11.6 Å². The van der Waals surface area contributed by atoms with E-state index < -0.39 is 11.9 Å². The molecule has 0 aromatic carbocycles. The molecular weight excluding hydrogens is 259 g/mol. The Morgan fingerprint density at radius 1 is 1.00 bits per heavy atom. The molecule has 0 amide bonds. The second-order valence-electron chi connectivity index (χ2n) is 4.52. The molecule has 0 heterocycles. The first-order chi connectivity index (χ1) is 8.07. The van der Waals surface area contributed by atoms with E-state index in [1.165, 1.54) is 0 Å². The van der Waals surface area contributed by atoms with E-state index in [-0.39, 0.29) is 65.1 Å². The molecule has 0 aliphatic rings. The molecule has 0 fully saturated rings. The Hall–Kier alpha value is 0.576. The third-order valence-corrected chi connectivity index (χ3v) is 2.95. The molecule has 18 heavy (non-hydrogen) atoms. The van der Waals surface area contributed by atoms with Crippen molar-refractivity contribution in [2.45, 2.75) is 64.7 Å². The van der Waals surface area contributed by atoms with Crippen molar-refractivity contribution >= 4 is 11.9 Å². The van der Waals surface area contributed by atoms with Crippen LogP contribution in [0.25, 0.3) is 0 Å². The molecule has 0 spiro atoms. The number of carboxylic acids is 2. The Balaban J connectivity index is -0.00000128. The van der Waals surface area contributed by atoms with Crippen LogP contribution in [0.2, 0.25) is 0 Å². The summed E-state index contributed by atoms with van der Waals surface area (Å²) in [6.07, 6.45) is 7.10. The van der Waals surface area contributed by atoms with Gasteiger partial charge in [-0.1, -0.05) is 39.0 Å². The van der Waals surface area contributed by atoms with Crippen molar-refractivity contribution < 1.29 is 72.6 Å². The van der Waals surface area contributed by atoms with Crippen LogP contribution >= 0.6 is 0 Å². The van der Waals surface area contributed by atoms with Crippen molar-refractivity contribution in [1.29, 1.82) is 0 Å². The maximum absolute atomic E-state index is 11.0. The van der Waals surface area contributed by atoms with E-state index in [1.54, 1.807) is 0 Å². The average molecular weight is 284 g/mol. The van der Waals surface area contributed by atoms with Crippen LogP contribution in [0.4, 0.5) is 0 Å². The van der Waals surface area contributed by atoms with Gasteiger partial charge in [0.1, 0.15) is 0 Å². The zero-order valence-electron chi connectivity index (χ0n) is 12.7. The van der Waals surface area contributed by atoms with Gasteiger partial charge in [0.05, 0.1) is 5.92 Å². The normalized spacial score (nSPS) is 11.6. The summed E-state index contributed by atoms with van der Waals surface area (Å²) >= 11 is 0. The zero-order valence-corrected chi connectivity index (χ0v) is 14.8. The van der Waals surface area contributed by atoms with Crippen LogP contribution < -0.4 is 51.4 Å². The second-order valence-corrected chi connectivity index (χ2v) is 4.52. The minimum atomic E-state index is -0.806. The molecule has 5 heteroatoms. The molecule has 4 nitrogen and oxygen atoms in total. The van der Waals surface area contributed by atoms with Gasteiger partial charge in [0, 0.05) is 6.42 Å². The fraction of sp³-hybridized carbons (Fsp3) is 0.846. The van der Waals surface area contributed by atoms with E-state index in [2.05, 4.69) is 6.92 Å². The van der Waals surface area contributed by atoms with Gasteiger partial charge in [0.15, 0.2) is 0 Å². The van der Waals surface area contributed by atoms with Crippen molar-refractivity contribution in [2.75, 3.05) is 0 Å². The molecule has 0 radical (unpaired) electrons. The SMILES string of the molecule is CCCCCCC(CCCCC(=O)O)C(=O)O.[H-].[K+]. The van der Waals surface area contributed by atoms with Crippen molar-refractivity contribution in [3.63, 3.8) is 0 Å². The number of hydrogen-bond donors (Lipinski definition) is 2. The third-order valence-electron chi connectivity index (χ3n) is 2.95. The summed E-state index contributed by atoms with van der Waals surface area (Å²) in [5.74, 6) is -1.84. The predicted octanol–water partition coefficient (Wildman–Crippen LogP) is 0.419. The standard InChI is InChI=1S/C13H24O4.K.H/c1-2-3-4-5-8-11(13(16)17)9-6-7-10-12(14)15;;/h11H,2-10H2,1H3,(H,14,15)(H,16,17);;/q;+1;-1. The molecule has 0 rings (SSSR count). The Bertz CT molecular complexity index is 237. The minimum Gasteiger partial charge on any atom is -1.00 e. The summed E-state index contributed by atoms with van der Waals surface area (Å²) in [4.78, 5) is 21.3. The molecule has 0 saturated carbocycles. The van der Waals surface area contributed by atoms with E-state index in [4.69, 9.17) is 10.2 Å². The molecule has 0 aliphatic carbocycles. The molecule has 102 valence electrons.